The van der Waals surface area contributed by atoms with E-state index in [0.717, 1.165) is 29.2 Å². The van der Waals surface area contributed by atoms with Gasteiger partial charge >= 0.3 is 5.97 Å². The maximum atomic E-state index is 12.0. The van der Waals surface area contributed by atoms with Crippen molar-refractivity contribution >= 4 is 23.2 Å². The topological polar surface area (TPSA) is 69.5 Å². The van der Waals surface area contributed by atoms with Gasteiger partial charge in [0.15, 0.2) is 0 Å². The summed E-state index contributed by atoms with van der Waals surface area (Å²) in [7, 11) is 0. The van der Waals surface area contributed by atoms with Crippen molar-refractivity contribution in [3.63, 3.8) is 0 Å². The Bertz CT molecular complexity index is 986. The number of para-hydroxylation sites is 2. The van der Waals surface area contributed by atoms with Gasteiger partial charge in [-0.2, -0.15) is 0 Å². The Morgan fingerprint density at radius 2 is 1.62 bits per heavy atom. The summed E-state index contributed by atoms with van der Waals surface area (Å²) in [5, 5.41) is 0. The summed E-state index contributed by atoms with van der Waals surface area (Å²) < 4.78 is 5.16. The fourth-order valence-corrected chi connectivity index (χ4v) is 3.46. The molecule has 0 amide bonds. The molecule has 1 fully saturated rings. The second kappa shape index (κ2) is 8.71. The monoisotopic (exact) mass is 386 g/mol. The first-order chi connectivity index (χ1) is 14.3. The molecule has 0 aromatic heterocycles. The van der Waals surface area contributed by atoms with Gasteiger partial charge < -0.3 is 15.4 Å². The van der Waals surface area contributed by atoms with Gasteiger partial charge in [0.25, 0.3) is 0 Å². The first-order valence-corrected chi connectivity index (χ1v) is 9.79. The molecule has 0 saturated carbocycles. The molecule has 5 nitrogen and oxygen atoms in total. The van der Waals surface area contributed by atoms with E-state index in [1.54, 1.807) is 0 Å². The lowest BCUT2D eigenvalue weighted by Gasteiger charge is -2.44. The molecule has 4 rings (SSSR count). The van der Waals surface area contributed by atoms with E-state index in [0.29, 0.717) is 18.7 Å². The van der Waals surface area contributed by atoms with Gasteiger partial charge in [-0.1, -0.05) is 48.5 Å². The Hall–Kier alpha value is -3.44. The molecule has 3 aromatic carbocycles. The van der Waals surface area contributed by atoms with Crippen molar-refractivity contribution in [3.05, 3.63) is 96.1 Å². The number of anilines is 1. The molecule has 5 heteroatoms. The van der Waals surface area contributed by atoms with Gasteiger partial charge in [0.1, 0.15) is 19.0 Å². The van der Waals surface area contributed by atoms with E-state index in [-0.39, 0.29) is 12.0 Å². The molecular formula is C24H24N3O2+. The van der Waals surface area contributed by atoms with Crippen LogP contribution in [0.1, 0.15) is 28.4 Å². The number of quaternary nitrogens is 1. The first-order valence-electron chi connectivity index (χ1n) is 9.79. The van der Waals surface area contributed by atoms with Crippen LogP contribution in [-0.4, -0.2) is 25.0 Å². The maximum absolute atomic E-state index is 12.0. The van der Waals surface area contributed by atoms with Crippen LogP contribution < -0.4 is 10.6 Å². The Morgan fingerprint density at radius 1 is 0.966 bits per heavy atom. The summed E-state index contributed by atoms with van der Waals surface area (Å²) in [4.78, 5) is 19.1. The van der Waals surface area contributed by atoms with Crippen LogP contribution in [0.2, 0.25) is 0 Å². The van der Waals surface area contributed by atoms with E-state index >= 15 is 0 Å². The molecule has 1 aliphatic heterocycles. The predicted molar refractivity (Wildman–Crippen MR) is 114 cm³/mol. The molecule has 146 valence electrons. The number of carbonyl (C=O) groups is 1. The SMILES string of the molecule is [NH3+]CCOC(=O)c1ccc(C2CC(=Nc3ccccc3)N2c2ccccc2)cc1. The number of ether oxygens (including phenoxy) is 1. The molecule has 0 bridgehead atoms. The third-order valence-electron chi connectivity index (χ3n) is 4.92. The second-order valence-corrected chi connectivity index (χ2v) is 6.90. The van der Waals surface area contributed by atoms with Gasteiger partial charge in [0.05, 0.1) is 17.3 Å². The first kappa shape index (κ1) is 18.9. The van der Waals surface area contributed by atoms with Gasteiger partial charge in [-0.25, -0.2) is 9.79 Å². The highest BCUT2D eigenvalue weighted by Crippen LogP contribution is 2.40. The van der Waals surface area contributed by atoms with Crippen LogP contribution in [0.25, 0.3) is 0 Å². The largest absolute Gasteiger partial charge is 0.456 e. The fraction of sp³-hybridized carbons (Fsp3) is 0.167. The highest BCUT2D eigenvalue weighted by molar-refractivity contribution is 6.06. The Kier molecular flexibility index (Phi) is 5.68. The fourth-order valence-electron chi connectivity index (χ4n) is 3.46. The van der Waals surface area contributed by atoms with Crippen LogP contribution in [0.4, 0.5) is 11.4 Å². The van der Waals surface area contributed by atoms with Crippen molar-refractivity contribution < 1.29 is 15.3 Å². The van der Waals surface area contributed by atoms with E-state index < -0.39 is 0 Å². The average Bonchev–Trinajstić information content (AvgIpc) is 2.76. The standard InChI is InChI=1S/C24H23N3O2/c25-15-16-29-24(28)19-13-11-18(12-14-19)22-17-23(26-20-7-3-1-4-8-20)27(22)21-9-5-2-6-10-21/h1-14,22H,15-17,25H2/p+1. The Balaban J connectivity index is 1.58. The quantitative estimate of drug-likeness (QED) is 0.656. The predicted octanol–water partition coefficient (Wildman–Crippen LogP) is 3.77. The highest BCUT2D eigenvalue weighted by Gasteiger charge is 2.36. The molecule has 3 N–H and O–H groups in total. The van der Waals surface area contributed by atoms with Crippen LogP contribution in [-0.2, 0) is 4.74 Å². The minimum Gasteiger partial charge on any atom is -0.456 e. The van der Waals surface area contributed by atoms with Gasteiger partial charge in [0.2, 0.25) is 0 Å². The van der Waals surface area contributed by atoms with Crippen LogP contribution in [0, 0.1) is 0 Å². The molecule has 1 unspecified atom stereocenters. The van der Waals surface area contributed by atoms with Crippen LogP contribution in [0.5, 0.6) is 0 Å². The molecule has 29 heavy (non-hydrogen) atoms. The van der Waals surface area contributed by atoms with Crippen molar-refractivity contribution in [1.82, 2.24) is 0 Å². The van der Waals surface area contributed by atoms with E-state index in [9.17, 15) is 4.79 Å². The van der Waals surface area contributed by atoms with Crippen LogP contribution >= 0.6 is 0 Å². The lowest BCUT2D eigenvalue weighted by atomic mass is 9.91. The summed E-state index contributed by atoms with van der Waals surface area (Å²) in [5.41, 5.74) is 7.45. The minimum atomic E-state index is -0.306. The van der Waals surface area contributed by atoms with E-state index in [2.05, 4.69) is 22.8 Å². The number of rotatable bonds is 6. The summed E-state index contributed by atoms with van der Waals surface area (Å²) in [6.45, 7) is 0.908. The number of hydrogen-bond donors (Lipinski definition) is 1. The van der Waals surface area contributed by atoms with Crippen molar-refractivity contribution in [2.45, 2.75) is 12.5 Å². The van der Waals surface area contributed by atoms with Gasteiger partial charge in [-0.15, -0.1) is 0 Å². The van der Waals surface area contributed by atoms with E-state index in [4.69, 9.17) is 9.73 Å². The van der Waals surface area contributed by atoms with E-state index in [1.165, 1.54) is 0 Å². The lowest BCUT2D eigenvalue weighted by molar-refractivity contribution is -0.371. The van der Waals surface area contributed by atoms with Gasteiger partial charge in [-0.05, 0) is 42.0 Å². The normalized spacial score (nSPS) is 17.1. The number of nitrogens with zero attached hydrogens (tertiary/aromatic N) is 2. The molecule has 3 aromatic rings. The summed E-state index contributed by atoms with van der Waals surface area (Å²) >= 11 is 0. The molecule has 1 aliphatic rings. The van der Waals surface area contributed by atoms with Crippen molar-refractivity contribution in [2.24, 2.45) is 4.99 Å². The van der Waals surface area contributed by atoms with Gasteiger partial charge in [-0.3, -0.25) is 0 Å². The molecule has 0 aliphatic carbocycles. The van der Waals surface area contributed by atoms with Crippen LogP contribution in [0.3, 0.4) is 0 Å². The van der Waals surface area contributed by atoms with Crippen molar-refractivity contribution in [3.8, 4) is 0 Å². The molecule has 0 spiro atoms. The number of esters is 1. The number of benzene rings is 3. The highest BCUT2D eigenvalue weighted by atomic mass is 16.5. The molecule has 1 heterocycles. The second-order valence-electron chi connectivity index (χ2n) is 6.90. The summed E-state index contributed by atoms with van der Waals surface area (Å²) in [5.74, 6) is 0.728. The lowest BCUT2D eigenvalue weighted by Crippen LogP contribution is -2.52. The summed E-state index contributed by atoms with van der Waals surface area (Å²) in [6.07, 6.45) is 0.842. The zero-order valence-electron chi connectivity index (χ0n) is 16.2. The minimum absolute atomic E-state index is 0.185. The zero-order chi connectivity index (χ0) is 20.1. The van der Waals surface area contributed by atoms with Crippen LogP contribution in [0.15, 0.2) is 89.9 Å². The zero-order valence-corrected chi connectivity index (χ0v) is 16.2. The number of amidine groups is 1. The Labute approximate surface area is 170 Å². The Morgan fingerprint density at radius 3 is 2.28 bits per heavy atom. The average molecular weight is 386 g/mol. The van der Waals surface area contributed by atoms with Crippen molar-refractivity contribution in [2.75, 3.05) is 18.1 Å². The van der Waals surface area contributed by atoms with E-state index in [1.807, 2.05) is 72.8 Å². The van der Waals surface area contributed by atoms with Crippen molar-refractivity contribution in [1.29, 1.82) is 0 Å². The smallest absolute Gasteiger partial charge is 0.338 e. The molecule has 0 radical (unpaired) electrons. The third kappa shape index (κ3) is 4.20. The van der Waals surface area contributed by atoms with Gasteiger partial charge in [0, 0.05) is 12.1 Å². The maximum Gasteiger partial charge on any atom is 0.338 e. The third-order valence-corrected chi connectivity index (χ3v) is 4.92. The summed E-state index contributed by atoms with van der Waals surface area (Å²) in [6, 6.07) is 28.1. The molecular weight excluding hydrogens is 362 g/mol. The molecule has 1 saturated heterocycles. The number of carbonyl (C=O) groups excluding carboxylic acids is 1. The number of aliphatic imine (C=N–C) groups is 1. The number of hydrogen-bond acceptors (Lipinski definition) is 3. The molecule has 1 atom stereocenters.